The largest absolute Gasteiger partial charge is 0.348 e. The Balaban J connectivity index is 1.47. The third-order valence-electron chi connectivity index (χ3n) is 5.06. The predicted molar refractivity (Wildman–Crippen MR) is 77.4 cm³/mol. The van der Waals surface area contributed by atoms with Crippen molar-refractivity contribution < 1.29 is 9.18 Å². The Bertz CT molecular complexity index is 695. The van der Waals surface area contributed by atoms with E-state index in [0.29, 0.717) is 22.1 Å². The molecule has 2 aliphatic rings. The molecule has 2 aromatic rings. The van der Waals surface area contributed by atoms with Crippen molar-refractivity contribution in [2.45, 2.75) is 44.6 Å². The quantitative estimate of drug-likeness (QED) is 0.891. The molecule has 4 nitrogen and oxygen atoms in total. The monoisotopic (exact) mass is 287 g/mol. The van der Waals surface area contributed by atoms with Crippen molar-refractivity contribution in [3.63, 3.8) is 0 Å². The Morgan fingerprint density at radius 2 is 2.10 bits per heavy atom. The fourth-order valence-electron chi connectivity index (χ4n) is 3.43. The first-order valence-electron chi connectivity index (χ1n) is 7.59. The molecule has 2 saturated carbocycles. The molecule has 2 fully saturated rings. The summed E-state index contributed by atoms with van der Waals surface area (Å²) >= 11 is 0. The zero-order valence-corrected chi connectivity index (χ0v) is 11.8. The van der Waals surface area contributed by atoms with E-state index in [1.807, 2.05) is 0 Å². The molecule has 0 aromatic carbocycles. The first-order valence-corrected chi connectivity index (χ1v) is 7.59. The number of amides is 1. The van der Waals surface area contributed by atoms with E-state index in [0.717, 1.165) is 12.8 Å². The lowest BCUT2D eigenvalue weighted by molar-refractivity contribution is 0.0915. The second kappa shape index (κ2) is 4.55. The first-order chi connectivity index (χ1) is 10.2. The van der Waals surface area contributed by atoms with Gasteiger partial charge in [0, 0.05) is 12.2 Å². The highest BCUT2D eigenvalue weighted by Gasteiger charge is 2.44. The highest BCUT2D eigenvalue weighted by atomic mass is 19.1. The molecule has 0 saturated heterocycles. The number of rotatable bonds is 2. The summed E-state index contributed by atoms with van der Waals surface area (Å²) in [7, 11) is 0. The number of aromatic amines is 1. The van der Waals surface area contributed by atoms with Gasteiger partial charge in [0.2, 0.25) is 0 Å². The molecule has 2 N–H and O–H groups in total. The molecule has 110 valence electrons. The maximum atomic E-state index is 13.6. The number of halogens is 1. The lowest BCUT2D eigenvalue weighted by atomic mass is 9.83. The molecule has 0 bridgehead atoms. The molecule has 2 heterocycles. The highest BCUT2D eigenvalue weighted by Crippen LogP contribution is 2.56. The molecule has 1 amide bonds. The van der Waals surface area contributed by atoms with Gasteiger partial charge in [0.05, 0.1) is 5.39 Å². The normalized spacial score (nSPS) is 20.8. The fraction of sp³-hybridized carbons (Fsp3) is 0.500. The number of carbonyl (C=O) groups excluding carboxylic acids is 1. The van der Waals surface area contributed by atoms with Crippen molar-refractivity contribution >= 4 is 16.9 Å². The minimum atomic E-state index is -0.358. The van der Waals surface area contributed by atoms with Gasteiger partial charge in [-0.05, 0) is 56.1 Å². The van der Waals surface area contributed by atoms with Gasteiger partial charge in [-0.3, -0.25) is 4.79 Å². The Hall–Kier alpha value is -1.91. The number of fused-ring (bicyclic) bond motifs is 1. The van der Waals surface area contributed by atoms with Crippen LogP contribution >= 0.6 is 0 Å². The molecule has 0 radical (unpaired) electrons. The summed E-state index contributed by atoms with van der Waals surface area (Å²) in [5.74, 6) is -0.521. The molecule has 21 heavy (non-hydrogen) atoms. The number of nitrogens with zero attached hydrogens (tertiary/aromatic N) is 1. The molecular weight excluding hydrogens is 269 g/mol. The summed E-state index contributed by atoms with van der Waals surface area (Å²) in [6.45, 7) is 0. The van der Waals surface area contributed by atoms with E-state index >= 15 is 0 Å². The maximum Gasteiger partial charge on any atom is 0.267 e. The Morgan fingerprint density at radius 3 is 2.76 bits per heavy atom. The van der Waals surface area contributed by atoms with Crippen LogP contribution in [0.25, 0.3) is 11.0 Å². The van der Waals surface area contributed by atoms with Crippen LogP contribution in [0.2, 0.25) is 0 Å². The minimum Gasteiger partial charge on any atom is -0.348 e. The molecule has 2 aliphatic carbocycles. The standard InChI is InChI=1S/C16H18FN3O/c17-12-3-8-18-14-11(12)9-13(20-14)15(21)19-10-1-4-16(5-2-10)6-7-16/h3,8-10H,1-2,4-7H2,(H,18,20)(H,19,21). The maximum absolute atomic E-state index is 13.6. The van der Waals surface area contributed by atoms with Crippen LogP contribution in [0.15, 0.2) is 18.3 Å². The van der Waals surface area contributed by atoms with Crippen molar-refractivity contribution in [1.29, 1.82) is 0 Å². The van der Waals surface area contributed by atoms with E-state index in [1.54, 1.807) is 0 Å². The molecule has 0 atom stereocenters. The number of hydrogen-bond donors (Lipinski definition) is 2. The summed E-state index contributed by atoms with van der Waals surface area (Å²) < 4.78 is 13.6. The van der Waals surface area contributed by atoms with Crippen LogP contribution in [0.1, 0.15) is 49.0 Å². The summed E-state index contributed by atoms with van der Waals surface area (Å²) in [4.78, 5) is 19.2. The zero-order chi connectivity index (χ0) is 14.4. The molecule has 5 heteroatoms. The lowest BCUT2D eigenvalue weighted by Gasteiger charge is -2.28. The van der Waals surface area contributed by atoms with E-state index in [4.69, 9.17) is 0 Å². The van der Waals surface area contributed by atoms with Crippen molar-refractivity contribution in [3.05, 3.63) is 29.8 Å². The van der Waals surface area contributed by atoms with Gasteiger partial charge in [-0.15, -0.1) is 0 Å². The van der Waals surface area contributed by atoms with Crippen molar-refractivity contribution in [1.82, 2.24) is 15.3 Å². The van der Waals surface area contributed by atoms with Crippen LogP contribution in [0, 0.1) is 11.2 Å². The molecule has 2 aromatic heterocycles. The smallest absolute Gasteiger partial charge is 0.267 e. The zero-order valence-electron chi connectivity index (χ0n) is 11.8. The third-order valence-corrected chi connectivity index (χ3v) is 5.06. The van der Waals surface area contributed by atoms with Gasteiger partial charge in [-0.2, -0.15) is 0 Å². The van der Waals surface area contributed by atoms with Gasteiger partial charge < -0.3 is 10.3 Å². The van der Waals surface area contributed by atoms with Crippen molar-refractivity contribution in [3.8, 4) is 0 Å². The highest BCUT2D eigenvalue weighted by molar-refractivity contribution is 5.97. The summed E-state index contributed by atoms with van der Waals surface area (Å²) in [6, 6.07) is 3.08. The van der Waals surface area contributed by atoms with E-state index in [-0.39, 0.29) is 17.8 Å². The summed E-state index contributed by atoms with van der Waals surface area (Å²) in [5, 5.41) is 3.42. The predicted octanol–water partition coefficient (Wildman–Crippen LogP) is 3.15. The van der Waals surface area contributed by atoms with Crippen molar-refractivity contribution in [2.75, 3.05) is 0 Å². The second-order valence-electron chi connectivity index (χ2n) is 6.49. The van der Waals surface area contributed by atoms with Gasteiger partial charge in [0.25, 0.3) is 5.91 Å². The average molecular weight is 287 g/mol. The number of nitrogens with one attached hydrogen (secondary N) is 2. The summed E-state index contributed by atoms with van der Waals surface area (Å²) in [6.07, 6.45) is 8.67. The van der Waals surface area contributed by atoms with E-state index in [9.17, 15) is 9.18 Å². The number of carbonyl (C=O) groups is 1. The van der Waals surface area contributed by atoms with Crippen LogP contribution < -0.4 is 5.32 Å². The number of pyridine rings is 1. The average Bonchev–Trinajstić information content (AvgIpc) is 3.08. The third kappa shape index (κ3) is 2.30. The first kappa shape index (κ1) is 12.8. The molecule has 0 aliphatic heterocycles. The molecule has 1 spiro atoms. The van der Waals surface area contributed by atoms with E-state index in [2.05, 4.69) is 15.3 Å². The lowest BCUT2D eigenvalue weighted by Crippen LogP contribution is -2.38. The Kier molecular flexibility index (Phi) is 2.77. The second-order valence-corrected chi connectivity index (χ2v) is 6.49. The summed E-state index contributed by atoms with van der Waals surface area (Å²) in [5.41, 5.74) is 1.42. The molecule has 4 rings (SSSR count). The van der Waals surface area contributed by atoms with Crippen LogP contribution in [-0.4, -0.2) is 21.9 Å². The van der Waals surface area contributed by atoms with Crippen LogP contribution in [0.4, 0.5) is 4.39 Å². The van der Waals surface area contributed by atoms with Gasteiger partial charge in [0.15, 0.2) is 0 Å². The number of hydrogen-bond acceptors (Lipinski definition) is 2. The van der Waals surface area contributed by atoms with Gasteiger partial charge in [-0.1, -0.05) is 0 Å². The minimum absolute atomic E-state index is 0.163. The topological polar surface area (TPSA) is 57.8 Å². The van der Waals surface area contributed by atoms with E-state index < -0.39 is 0 Å². The molecular formula is C16H18FN3O. The van der Waals surface area contributed by atoms with Gasteiger partial charge >= 0.3 is 0 Å². The van der Waals surface area contributed by atoms with Gasteiger partial charge in [-0.25, -0.2) is 9.37 Å². The number of aromatic nitrogens is 2. The molecule has 0 unspecified atom stereocenters. The SMILES string of the molecule is O=C(NC1CCC2(CC1)CC2)c1cc2c(F)ccnc2[nH]1. The van der Waals surface area contributed by atoms with Crippen LogP contribution in [0.5, 0.6) is 0 Å². The van der Waals surface area contributed by atoms with Crippen molar-refractivity contribution in [2.24, 2.45) is 5.41 Å². The Labute approximate surface area is 122 Å². The Morgan fingerprint density at radius 1 is 1.33 bits per heavy atom. The fourth-order valence-corrected chi connectivity index (χ4v) is 3.43. The van der Waals surface area contributed by atoms with Crippen LogP contribution in [0.3, 0.4) is 0 Å². The number of H-pyrrole nitrogens is 1. The van der Waals surface area contributed by atoms with E-state index in [1.165, 1.54) is 44.0 Å². The van der Waals surface area contributed by atoms with Gasteiger partial charge in [0.1, 0.15) is 17.2 Å². The van der Waals surface area contributed by atoms with Crippen LogP contribution in [-0.2, 0) is 0 Å².